The van der Waals surface area contributed by atoms with Crippen molar-refractivity contribution < 1.29 is 19.8 Å². The van der Waals surface area contributed by atoms with Crippen molar-refractivity contribution in [2.24, 2.45) is 0 Å². The molecule has 2 N–H and O–H groups in total. The van der Waals surface area contributed by atoms with Crippen molar-refractivity contribution in [2.75, 3.05) is 6.54 Å². The van der Waals surface area contributed by atoms with E-state index in [0.717, 1.165) is 19.3 Å². The lowest BCUT2D eigenvalue weighted by Crippen LogP contribution is -2.40. The molecule has 0 spiro atoms. The number of amides is 1. The molecule has 0 bridgehead atoms. The van der Waals surface area contributed by atoms with E-state index in [1.807, 2.05) is 12.1 Å². The summed E-state index contributed by atoms with van der Waals surface area (Å²) in [6.45, 7) is 0.0902. The van der Waals surface area contributed by atoms with Crippen LogP contribution in [0, 0.1) is 0 Å². The van der Waals surface area contributed by atoms with Crippen LogP contribution < -0.4 is 0 Å². The smallest absolute Gasteiger partial charge is 0.326 e. The van der Waals surface area contributed by atoms with E-state index in [-0.39, 0.29) is 18.9 Å². The average molecular weight is 289 g/mol. The maximum absolute atomic E-state index is 12.5. The lowest BCUT2D eigenvalue weighted by atomic mass is 9.90. The first-order chi connectivity index (χ1) is 10.1. The average Bonchev–Trinajstić information content (AvgIpc) is 2.88. The third-order valence-corrected chi connectivity index (χ3v) is 4.42. The fourth-order valence-electron chi connectivity index (χ4n) is 3.30. The van der Waals surface area contributed by atoms with E-state index in [0.29, 0.717) is 5.56 Å². The van der Waals surface area contributed by atoms with Gasteiger partial charge in [0, 0.05) is 18.5 Å². The number of aliphatic hydroxyl groups excluding tert-OH is 1. The topological polar surface area (TPSA) is 77.8 Å². The van der Waals surface area contributed by atoms with Crippen molar-refractivity contribution in [3.8, 4) is 0 Å². The molecule has 1 heterocycles. The molecular weight excluding hydrogens is 270 g/mol. The van der Waals surface area contributed by atoms with Crippen molar-refractivity contribution in [2.45, 2.75) is 44.2 Å². The van der Waals surface area contributed by atoms with Gasteiger partial charge in [-0.1, -0.05) is 6.07 Å². The van der Waals surface area contributed by atoms with Crippen LogP contribution in [0.15, 0.2) is 18.2 Å². The Labute approximate surface area is 123 Å². The second-order valence-corrected chi connectivity index (χ2v) is 5.89. The molecule has 21 heavy (non-hydrogen) atoms. The van der Waals surface area contributed by atoms with Gasteiger partial charge in [0.1, 0.15) is 6.04 Å². The van der Waals surface area contributed by atoms with Crippen molar-refractivity contribution >= 4 is 11.9 Å². The Hall–Kier alpha value is -1.88. The molecule has 1 unspecified atom stereocenters. The van der Waals surface area contributed by atoms with Crippen molar-refractivity contribution in [3.63, 3.8) is 0 Å². The van der Waals surface area contributed by atoms with E-state index in [9.17, 15) is 19.8 Å². The first kappa shape index (κ1) is 14.1. The van der Waals surface area contributed by atoms with Crippen LogP contribution in [-0.4, -0.2) is 45.7 Å². The largest absolute Gasteiger partial charge is 0.480 e. The first-order valence-corrected chi connectivity index (χ1v) is 7.40. The Morgan fingerprint density at radius 2 is 1.86 bits per heavy atom. The van der Waals surface area contributed by atoms with Gasteiger partial charge in [-0.2, -0.15) is 0 Å². The zero-order valence-corrected chi connectivity index (χ0v) is 11.8. The van der Waals surface area contributed by atoms with Crippen molar-refractivity contribution in [1.82, 2.24) is 4.90 Å². The highest BCUT2D eigenvalue weighted by Crippen LogP contribution is 2.25. The van der Waals surface area contributed by atoms with Crippen LogP contribution in [0.25, 0.3) is 0 Å². The number of rotatable bonds is 2. The molecule has 1 aromatic carbocycles. The van der Waals surface area contributed by atoms with Gasteiger partial charge in [0.05, 0.1) is 6.10 Å². The number of aryl methyl sites for hydroxylation is 2. The first-order valence-electron chi connectivity index (χ1n) is 7.40. The van der Waals surface area contributed by atoms with Gasteiger partial charge >= 0.3 is 5.97 Å². The molecule has 1 aliphatic heterocycles. The molecule has 5 heteroatoms. The molecule has 5 nitrogen and oxygen atoms in total. The quantitative estimate of drug-likeness (QED) is 0.858. The van der Waals surface area contributed by atoms with Crippen molar-refractivity contribution in [1.29, 1.82) is 0 Å². The number of likely N-dealkylation sites (tertiary alicyclic amines) is 1. The van der Waals surface area contributed by atoms with E-state index in [1.165, 1.54) is 22.4 Å². The summed E-state index contributed by atoms with van der Waals surface area (Å²) < 4.78 is 0. The predicted octanol–water partition coefficient (Wildman–Crippen LogP) is 1.23. The fraction of sp³-hybridized carbons (Fsp3) is 0.500. The minimum Gasteiger partial charge on any atom is -0.480 e. The number of β-amino-alcohol motifs (C(OH)–C–C–N with tert-alkyl or cyclic N) is 1. The number of hydrogen-bond donors (Lipinski definition) is 2. The summed E-state index contributed by atoms with van der Waals surface area (Å²) in [4.78, 5) is 25.0. The number of aliphatic hydroxyl groups is 1. The summed E-state index contributed by atoms with van der Waals surface area (Å²) in [5.41, 5.74) is 3.00. The van der Waals surface area contributed by atoms with Crippen LogP contribution in [0.1, 0.15) is 40.7 Å². The highest BCUT2D eigenvalue weighted by Gasteiger charge is 2.39. The summed E-state index contributed by atoms with van der Waals surface area (Å²) in [7, 11) is 0. The van der Waals surface area contributed by atoms with Gasteiger partial charge in [-0.15, -0.1) is 0 Å². The molecule has 2 aliphatic rings. The van der Waals surface area contributed by atoms with Gasteiger partial charge in [-0.25, -0.2) is 4.79 Å². The molecule has 1 saturated heterocycles. The highest BCUT2D eigenvalue weighted by molar-refractivity contribution is 5.97. The maximum Gasteiger partial charge on any atom is 0.326 e. The summed E-state index contributed by atoms with van der Waals surface area (Å²) in [6, 6.07) is 4.71. The third-order valence-electron chi connectivity index (χ3n) is 4.42. The Kier molecular flexibility index (Phi) is 3.68. The van der Waals surface area contributed by atoms with Crippen LogP contribution in [0.3, 0.4) is 0 Å². The minimum atomic E-state index is -1.06. The monoisotopic (exact) mass is 289 g/mol. The highest BCUT2D eigenvalue weighted by atomic mass is 16.4. The molecule has 1 amide bonds. The van der Waals surface area contributed by atoms with Crippen LogP contribution >= 0.6 is 0 Å². The summed E-state index contributed by atoms with van der Waals surface area (Å²) in [5, 5.41) is 18.8. The molecule has 0 saturated carbocycles. The SMILES string of the molecule is O=C(O)[C@@H]1CC(O)CN1C(=O)c1ccc2c(c1)CCCC2. The number of nitrogens with zero attached hydrogens (tertiary/aromatic N) is 1. The molecule has 1 aromatic rings. The Bertz CT molecular complexity index is 584. The lowest BCUT2D eigenvalue weighted by Gasteiger charge is -2.22. The minimum absolute atomic E-state index is 0.0902. The molecule has 1 aliphatic carbocycles. The number of aliphatic carboxylic acids is 1. The number of fused-ring (bicyclic) bond motifs is 1. The summed E-state index contributed by atoms with van der Waals surface area (Å²) >= 11 is 0. The molecule has 0 radical (unpaired) electrons. The van der Waals surface area contributed by atoms with Crippen LogP contribution in [0.5, 0.6) is 0 Å². The second kappa shape index (κ2) is 5.48. The Morgan fingerprint density at radius 1 is 1.14 bits per heavy atom. The predicted molar refractivity (Wildman–Crippen MR) is 76.2 cm³/mol. The summed E-state index contributed by atoms with van der Waals surface area (Å²) in [5.74, 6) is -1.36. The molecular formula is C16H19NO4. The van der Waals surface area contributed by atoms with Gasteiger partial charge in [0.15, 0.2) is 0 Å². The number of carboxylic acid groups (broad SMARTS) is 1. The van der Waals surface area contributed by atoms with Crippen molar-refractivity contribution in [3.05, 3.63) is 34.9 Å². The number of carbonyl (C=O) groups is 2. The van der Waals surface area contributed by atoms with E-state index in [2.05, 4.69) is 0 Å². The van der Waals surface area contributed by atoms with Gasteiger partial charge in [-0.3, -0.25) is 4.79 Å². The lowest BCUT2D eigenvalue weighted by molar-refractivity contribution is -0.141. The van der Waals surface area contributed by atoms with Crippen LogP contribution in [-0.2, 0) is 17.6 Å². The Morgan fingerprint density at radius 3 is 2.57 bits per heavy atom. The zero-order chi connectivity index (χ0) is 15.0. The molecule has 112 valence electrons. The van der Waals surface area contributed by atoms with Gasteiger partial charge < -0.3 is 15.1 Å². The molecule has 0 aromatic heterocycles. The van der Waals surface area contributed by atoms with Gasteiger partial charge in [-0.05, 0) is 48.9 Å². The van der Waals surface area contributed by atoms with E-state index >= 15 is 0 Å². The number of carboxylic acids is 1. The maximum atomic E-state index is 12.5. The van der Waals surface area contributed by atoms with Gasteiger partial charge in [0.2, 0.25) is 0 Å². The van der Waals surface area contributed by atoms with Crippen LogP contribution in [0.2, 0.25) is 0 Å². The molecule has 3 rings (SSSR count). The van der Waals surface area contributed by atoms with Crippen LogP contribution in [0.4, 0.5) is 0 Å². The molecule has 1 fully saturated rings. The Balaban J connectivity index is 1.86. The van der Waals surface area contributed by atoms with Gasteiger partial charge in [0.25, 0.3) is 5.91 Å². The number of hydrogen-bond acceptors (Lipinski definition) is 3. The molecule has 2 atom stereocenters. The van der Waals surface area contributed by atoms with E-state index in [1.54, 1.807) is 6.07 Å². The fourth-order valence-corrected chi connectivity index (χ4v) is 3.30. The van der Waals surface area contributed by atoms with E-state index in [4.69, 9.17) is 0 Å². The zero-order valence-electron chi connectivity index (χ0n) is 11.8. The number of carbonyl (C=O) groups excluding carboxylic acids is 1. The summed E-state index contributed by atoms with van der Waals surface area (Å²) in [6.07, 6.45) is 3.68. The third kappa shape index (κ3) is 2.65. The van der Waals surface area contributed by atoms with E-state index < -0.39 is 18.1 Å². The number of benzene rings is 1. The standard InChI is InChI=1S/C16H19NO4/c18-13-8-14(16(20)21)17(9-13)15(19)12-6-5-10-3-1-2-4-11(10)7-12/h5-7,13-14,18H,1-4,8-9H2,(H,20,21)/t13?,14-/m0/s1. The normalized spacial score (nSPS) is 24.7. The second-order valence-electron chi connectivity index (χ2n) is 5.89.